The molecule has 21 heavy (non-hydrogen) atoms. The smallest absolute Gasteiger partial charge is 0.0890 e. The van der Waals surface area contributed by atoms with Crippen LogP contribution in [0.1, 0.15) is 31.4 Å². The summed E-state index contributed by atoms with van der Waals surface area (Å²) in [7, 11) is 4.10. The third-order valence-corrected chi connectivity index (χ3v) is 5.10. The molecular weight excluding hydrogens is 262 g/mol. The van der Waals surface area contributed by atoms with E-state index in [0.29, 0.717) is 12.5 Å². The van der Waals surface area contributed by atoms with Crippen LogP contribution in [0.15, 0.2) is 35.9 Å². The standard InChI is InChI=1S/C18H25NO2/c1-13-8-9-18(11-20)10-16(13)17(21-12-18)14-4-6-15(7-5-14)19(2)3/h4-8,16-17,20H,9-12H2,1-3H3/t16-,17-,18+/m1/s1. The van der Waals surface area contributed by atoms with E-state index in [1.54, 1.807) is 0 Å². The monoisotopic (exact) mass is 287 g/mol. The van der Waals surface area contributed by atoms with Gasteiger partial charge in [0.15, 0.2) is 0 Å². The number of nitrogens with zero attached hydrogens (tertiary/aromatic N) is 1. The molecule has 0 unspecified atom stereocenters. The van der Waals surface area contributed by atoms with Gasteiger partial charge in [-0.1, -0.05) is 23.8 Å². The predicted octanol–water partition coefficient (Wildman–Crippen LogP) is 3.16. The Morgan fingerprint density at radius 2 is 2.00 bits per heavy atom. The Morgan fingerprint density at radius 3 is 2.62 bits per heavy atom. The van der Waals surface area contributed by atoms with Crippen LogP contribution in [0, 0.1) is 11.3 Å². The second kappa shape index (κ2) is 5.47. The first kappa shape index (κ1) is 14.6. The molecule has 1 aliphatic heterocycles. The molecule has 0 aromatic heterocycles. The highest BCUT2D eigenvalue weighted by atomic mass is 16.5. The minimum Gasteiger partial charge on any atom is -0.396 e. The molecule has 1 fully saturated rings. The molecule has 1 aromatic carbocycles. The number of hydrogen-bond donors (Lipinski definition) is 1. The maximum Gasteiger partial charge on any atom is 0.0890 e. The number of fused-ring (bicyclic) bond motifs is 2. The first-order valence-electron chi connectivity index (χ1n) is 7.71. The van der Waals surface area contributed by atoms with Crippen LogP contribution in [0.4, 0.5) is 5.69 Å². The fourth-order valence-electron chi connectivity index (χ4n) is 3.55. The van der Waals surface area contributed by atoms with Crippen LogP contribution in [-0.4, -0.2) is 32.4 Å². The zero-order valence-corrected chi connectivity index (χ0v) is 13.2. The van der Waals surface area contributed by atoms with Gasteiger partial charge in [0.2, 0.25) is 0 Å². The van der Waals surface area contributed by atoms with E-state index in [2.05, 4.69) is 56.3 Å². The molecule has 114 valence electrons. The van der Waals surface area contributed by atoms with E-state index in [-0.39, 0.29) is 18.1 Å². The minimum absolute atomic E-state index is 0.0513. The molecular formula is C18H25NO2. The summed E-state index contributed by atoms with van der Waals surface area (Å²) in [5.41, 5.74) is 3.80. The van der Waals surface area contributed by atoms with Crippen molar-refractivity contribution in [2.24, 2.45) is 11.3 Å². The molecule has 0 saturated carbocycles. The Bertz CT molecular complexity index is 535. The lowest BCUT2D eigenvalue weighted by atomic mass is 9.67. The summed E-state index contributed by atoms with van der Waals surface area (Å²) in [4.78, 5) is 2.11. The lowest BCUT2D eigenvalue weighted by Gasteiger charge is -2.47. The van der Waals surface area contributed by atoms with Crippen LogP contribution < -0.4 is 4.90 Å². The summed E-state index contributed by atoms with van der Waals surface area (Å²) in [5, 5.41) is 9.72. The molecule has 2 aliphatic rings. The SMILES string of the molecule is CC1=CC[C@]2(CO)CO[C@H](c3ccc(N(C)C)cc3)[C@@H]1C2. The third kappa shape index (κ3) is 2.60. The van der Waals surface area contributed by atoms with Crippen molar-refractivity contribution in [1.82, 2.24) is 0 Å². The minimum atomic E-state index is -0.0513. The highest BCUT2D eigenvalue weighted by molar-refractivity contribution is 5.46. The summed E-state index contributed by atoms with van der Waals surface area (Å²) in [6.07, 6.45) is 4.40. The van der Waals surface area contributed by atoms with Crippen molar-refractivity contribution in [2.75, 3.05) is 32.2 Å². The fraction of sp³-hybridized carbons (Fsp3) is 0.556. The topological polar surface area (TPSA) is 32.7 Å². The van der Waals surface area contributed by atoms with Crippen LogP contribution in [0.5, 0.6) is 0 Å². The van der Waals surface area contributed by atoms with Gasteiger partial charge in [-0.2, -0.15) is 0 Å². The first-order valence-corrected chi connectivity index (χ1v) is 7.71. The van der Waals surface area contributed by atoms with Crippen molar-refractivity contribution in [3.63, 3.8) is 0 Å². The molecule has 1 heterocycles. The van der Waals surface area contributed by atoms with Crippen molar-refractivity contribution in [1.29, 1.82) is 0 Å². The van der Waals surface area contributed by atoms with Crippen LogP contribution in [0.3, 0.4) is 0 Å². The van der Waals surface area contributed by atoms with Gasteiger partial charge >= 0.3 is 0 Å². The van der Waals surface area contributed by atoms with E-state index in [4.69, 9.17) is 4.74 Å². The van der Waals surface area contributed by atoms with Gasteiger partial charge < -0.3 is 14.7 Å². The summed E-state index contributed by atoms with van der Waals surface area (Å²) < 4.78 is 6.18. The zero-order chi connectivity index (χ0) is 15.0. The van der Waals surface area contributed by atoms with Gasteiger partial charge in [-0.05, 0) is 37.5 Å². The largest absolute Gasteiger partial charge is 0.396 e. The number of ether oxygens (including phenoxy) is 1. The molecule has 3 rings (SSSR count). The van der Waals surface area contributed by atoms with Gasteiger partial charge in [0, 0.05) is 31.1 Å². The van der Waals surface area contributed by atoms with E-state index >= 15 is 0 Å². The van der Waals surface area contributed by atoms with Crippen molar-refractivity contribution >= 4 is 5.69 Å². The summed E-state index contributed by atoms with van der Waals surface area (Å²) in [6.45, 7) is 3.07. The highest BCUT2D eigenvalue weighted by Gasteiger charge is 2.44. The van der Waals surface area contributed by atoms with E-state index in [1.807, 2.05) is 0 Å². The highest BCUT2D eigenvalue weighted by Crippen LogP contribution is 2.50. The number of allylic oxidation sites excluding steroid dienone is 1. The zero-order valence-electron chi connectivity index (χ0n) is 13.2. The maximum absolute atomic E-state index is 9.72. The molecule has 1 N–H and O–H groups in total. The van der Waals surface area contributed by atoms with Crippen LogP contribution in [-0.2, 0) is 4.74 Å². The number of aliphatic hydroxyl groups excluding tert-OH is 1. The molecule has 0 amide bonds. The van der Waals surface area contributed by atoms with Crippen molar-refractivity contribution in [3.05, 3.63) is 41.5 Å². The van der Waals surface area contributed by atoms with Crippen molar-refractivity contribution in [2.45, 2.75) is 25.9 Å². The Hall–Kier alpha value is -1.32. The van der Waals surface area contributed by atoms with Crippen molar-refractivity contribution < 1.29 is 9.84 Å². The fourth-order valence-corrected chi connectivity index (χ4v) is 3.55. The number of hydrogen-bond acceptors (Lipinski definition) is 3. The van der Waals surface area contributed by atoms with Gasteiger partial charge in [-0.15, -0.1) is 0 Å². The summed E-state index contributed by atoms with van der Waals surface area (Å²) >= 11 is 0. The third-order valence-electron chi connectivity index (χ3n) is 5.10. The molecule has 3 atom stereocenters. The number of rotatable bonds is 3. The quantitative estimate of drug-likeness (QED) is 0.867. The maximum atomic E-state index is 9.72. The second-order valence-electron chi connectivity index (χ2n) is 6.84. The van der Waals surface area contributed by atoms with Crippen LogP contribution in [0.2, 0.25) is 0 Å². The van der Waals surface area contributed by atoms with E-state index in [9.17, 15) is 5.11 Å². The normalized spacial score (nSPS) is 31.7. The molecule has 1 aromatic rings. The summed E-state index contributed by atoms with van der Waals surface area (Å²) in [5.74, 6) is 0.393. The molecule has 0 spiro atoms. The van der Waals surface area contributed by atoms with Gasteiger partial charge in [-0.3, -0.25) is 0 Å². The Labute approximate surface area is 127 Å². The predicted molar refractivity (Wildman–Crippen MR) is 85.5 cm³/mol. The molecule has 3 nitrogen and oxygen atoms in total. The number of benzene rings is 1. The van der Waals surface area contributed by atoms with Crippen molar-refractivity contribution in [3.8, 4) is 0 Å². The number of aliphatic hydroxyl groups is 1. The van der Waals surface area contributed by atoms with Gasteiger partial charge in [0.25, 0.3) is 0 Å². The lowest BCUT2D eigenvalue weighted by molar-refractivity contribution is -0.113. The lowest BCUT2D eigenvalue weighted by Crippen LogP contribution is -2.43. The van der Waals surface area contributed by atoms with Gasteiger partial charge in [0.1, 0.15) is 0 Å². The Morgan fingerprint density at radius 1 is 1.29 bits per heavy atom. The molecule has 1 saturated heterocycles. The molecule has 3 heteroatoms. The van der Waals surface area contributed by atoms with E-state index < -0.39 is 0 Å². The van der Waals surface area contributed by atoms with E-state index in [0.717, 1.165) is 12.8 Å². The molecule has 1 aliphatic carbocycles. The molecule has 2 bridgehead atoms. The Balaban J connectivity index is 1.86. The van der Waals surface area contributed by atoms with Crippen LogP contribution >= 0.6 is 0 Å². The second-order valence-corrected chi connectivity index (χ2v) is 6.84. The van der Waals surface area contributed by atoms with Crippen LogP contribution in [0.25, 0.3) is 0 Å². The van der Waals surface area contributed by atoms with Gasteiger partial charge in [0.05, 0.1) is 19.3 Å². The average Bonchev–Trinajstić information content (AvgIpc) is 2.52. The van der Waals surface area contributed by atoms with E-state index in [1.165, 1.54) is 16.8 Å². The molecule has 0 radical (unpaired) electrons. The first-order chi connectivity index (χ1) is 10.0. The average molecular weight is 287 g/mol. The van der Waals surface area contributed by atoms with Gasteiger partial charge in [-0.25, -0.2) is 0 Å². The summed E-state index contributed by atoms with van der Waals surface area (Å²) in [6, 6.07) is 8.64. The number of anilines is 1. The Kier molecular flexibility index (Phi) is 3.80.